The zero-order valence-electron chi connectivity index (χ0n) is 12.0. The van der Waals surface area contributed by atoms with Crippen molar-refractivity contribution in [3.05, 3.63) is 66.1 Å². The summed E-state index contributed by atoms with van der Waals surface area (Å²) in [5, 5.41) is 3.40. The highest BCUT2D eigenvalue weighted by atomic mass is 15.1. The van der Waals surface area contributed by atoms with Crippen molar-refractivity contribution in [3.63, 3.8) is 0 Å². The number of imidazole rings is 1. The third kappa shape index (κ3) is 2.11. The van der Waals surface area contributed by atoms with Crippen molar-refractivity contribution >= 4 is 5.69 Å². The Morgan fingerprint density at radius 1 is 1.14 bits per heavy atom. The van der Waals surface area contributed by atoms with Gasteiger partial charge in [0, 0.05) is 23.5 Å². The van der Waals surface area contributed by atoms with Crippen LogP contribution in [0.2, 0.25) is 0 Å². The van der Waals surface area contributed by atoms with Crippen LogP contribution < -0.4 is 5.32 Å². The first-order chi connectivity index (χ1) is 10.3. The van der Waals surface area contributed by atoms with Gasteiger partial charge in [-0.15, -0.1) is 0 Å². The Kier molecular flexibility index (Phi) is 2.78. The van der Waals surface area contributed by atoms with Crippen LogP contribution in [-0.4, -0.2) is 16.1 Å². The van der Waals surface area contributed by atoms with E-state index in [-0.39, 0.29) is 0 Å². The predicted molar refractivity (Wildman–Crippen MR) is 85.9 cm³/mol. The summed E-state index contributed by atoms with van der Waals surface area (Å²) in [5.41, 5.74) is 7.41. The monoisotopic (exact) mass is 275 g/mol. The summed E-state index contributed by atoms with van der Waals surface area (Å²) in [6, 6.07) is 15.1. The van der Waals surface area contributed by atoms with Crippen molar-refractivity contribution in [2.45, 2.75) is 13.3 Å². The molecular formula is C18H17N3. The van der Waals surface area contributed by atoms with E-state index in [1.807, 2.05) is 12.5 Å². The summed E-state index contributed by atoms with van der Waals surface area (Å²) in [4.78, 5) is 4.35. The molecule has 1 aliphatic heterocycles. The summed E-state index contributed by atoms with van der Waals surface area (Å²) < 4.78 is 2.16. The molecular weight excluding hydrogens is 258 g/mol. The minimum Gasteiger partial charge on any atom is -0.384 e. The minimum atomic E-state index is 1.04. The third-order valence-electron chi connectivity index (χ3n) is 4.03. The number of aryl methyl sites for hydroxylation is 1. The zero-order chi connectivity index (χ0) is 14.2. The fraction of sp³-hybridized carbons (Fsp3) is 0.167. The molecule has 0 saturated heterocycles. The van der Waals surface area contributed by atoms with Crippen molar-refractivity contribution in [1.82, 2.24) is 9.55 Å². The number of fused-ring (bicyclic) bond motifs is 1. The Labute approximate surface area is 124 Å². The quantitative estimate of drug-likeness (QED) is 0.770. The maximum Gasteiger partial charge on any atom is 0.0997 e. The van der Waals surface area contributed by atoms with Crippen LogP contribution in [0.25, 0.3) is 16.9 Å². The Balaban J connectivity index is 1.82. The molecule has 1 aromatic heterocycles. The van der Waals surface area contributed by atoms with Gasteiger partial charge in [-0.25, -0.2) is 4.98 Å². The van der Waals surface area contributed by atoms with Gasteiger partial charge in [-0.05, 0) is 43.2 Å². The van der Waals surface area contributed by atoms with Gasteiger partial charge in [0.05, 0.1) is 18.2 Å². The second-order valence-corrected chi connectivity index (χ2v) is 5.54. The first kappa shape index (κ1) is 12.2. The molecule has 104 valence electrons. The number of anilines is 1. The normalized spacial score (nSPS) is 13.0. The molecule has 0 atom stereocenters. The minimum absolute atomic E-state index is 1.04. The molecule has 3 aromatic rings. The van der Waals surface area contributed by atoms with E-state index in [0.717, 1.165) is 18.7 Å². The molecule has 0 bridgehead atoms. The average molecular weight is 275 g/mol. The van der Waals surface area contributed by atoms with Gasteiger partial charge >= 0.3 is 0 Å². The van der Waals surface area contributed by atoms with Crippen LogP contribution in [0.1, 0.15) is 11.1 Å². The van der Waals surface area contributed by atoms with E-state index < -0.39 is 0 Å². The van der Waals surface area contributed by atoms with Gasteiger partial charge in [-0.1, -0.05) is 23.8 Å². The van der Waals surface area contributed by atoms with Crippen LogP contribution in [0.5, 0.6) is 0 Å². The Bertz CT molecular complexity index is 802. The lowest BCUT2D eigenvalue weighted by Gasteiger charge is -2.10. The van der Waals surface area contributed by atoms with Gasteiger partial charge in [0.25, 0.3) is 0 Å². The Morgan fingerprint density at radius 3 is 3.00 bits per heavy atom. The van der Waals surface area contributed by atoms with E-state index in [9.17, 15) is 0 Å². The lowest BCUT2D eigenvalue weighted by atomic mass is 10.1. The standard InChI is InChI=1S/C18H17N3/c1-13-3-2-4-15(9-13)18-11-19-12-21(18)16-5-6-17-14(10-16)7-8-20-17/h2-6,9-12,20H,7-8H2,1H3. The number of benzene rings is 2. The van der Waals surface area contributed by atoms with Gasteiger partial charge in [-0.3, -0.25) is 4.57 Å². The molecule has 4 rings (SSSR count). The van der Waals surface area contributed by atoms with Crippen LogP contribution >= 0.6 is 0 Å². The summed E-state index contributed by atoms with van der Waals surface area (Å²) in [7, 11) is 0. The third-order valence-corrected chi connectivity index (χ3v) is 4.03. The van der Waals surface area contributed by atoms with Crippen LogP contribution in [-0.2, 0) is 6.42 Å². The second kappa shape index (κ2) is 4.77. The van der Waals surface area contributed by atoms with Crippen molar-refractivity contribution in [3.8, 4) is 16.9 Å². The van der Waals surface area contributed by atoms with Crippen LogP contribution in [0.15, 0.2) is 55.0 Å². The lowest BCUT2D eigenvalue weighted by Crippen LogP contribution is -1.96. The second-order valence-electron chi connectivity index (χ2n) is 5.54. The van der Waals surface area contributed by atoms with E-state index in [2.05, 4.69) is 64.3 Å². The van der Waals surface area contributed by atoms with Crippen molar-refractivity contribution in [1.29, 1.82) is 0 Å². The largest absolute Gasteiger partial charge is 0.384 e. The maximum absolute atomic E-state index is 4.35. The predicted octanol–water partition coefficient (Wildman–Crippen LogP) is 3.82. The van der Waals surface area contributed by atoms with E-state index in [4.69, 9.17) is 0 Å². The molecule has 3 heteroatoms. The molecule has 0 saturated carbocycles. The van der Waals surface area contributed by atoms with Crippen molar-refractivity contribution in [2.24, 2.45) is 0 Å². The van der Waals surface area contributed by atoms with Gasteiger partial charge < -0.3 is 5.32 Å². The topological polar surface area (TPSA) is 29.9 Å². The van der Waals surface area contributed by atoms with E-state index in [0.29, 0.717) is 0 Å². The number of nitrogens with zero attached hydrogens (tertiary/aromatic N) is 2. The molecule has 3 nitrogen and oxygen atoms in total. The van der Waals surface area contributed by atoms with E-state index in [1.54, 1.807) is 0 Å². The number of nitrogens with one attached hydrogen (secondary N) is 1. The molecule has 1 aliphatic rings. The van der Waals surface area contributed by atoms with Gasteiger partial charge in [0.1, 0.15) is 0 Å². The molecule has 0 radical (unpaired) electrons. The Morgan fingerprint density at radius 2 is 2.10 bits per heavy atom. The van der Waals surface area contributed by atoms with Crippen LogP contribution in [0.4, 0.5) is 5.69 Å². The fourth-order valence-electron chi connectivity index (χ4n) is 2.96. The SMILES string of the molecule is Cc1cccc(-c2cncn2-c2ccc3c(c2)CCN3)c1. The molecule has 2 aromatic carbocycles. The zero-order valence-corrected chi connectivity index (χ0v) is 12.0. The van der Waals surface area contributed by atoms with Crippen molar-refractivity contribution in [2.75, 3.05) is 11.9 Å². The van der Waals surface area contributed by atoms with Crippen LogP contribution in [0.3, 0.4) is 0 Å². The smallest absolute Gasteiger partial charge is 0.0997 e. The summed E-state index contributed by atoms with van der Waals surface area (Å²) in [6.45, 7) is 3.15. The molecule has 2 heterocycles. The molecule has 0 aliphatic carbocycles. The number of rotatable bonds is 2. The summed E-state index contributed by atoms with van der Waals surface area (Å²) in [6.07, 6.45) is 4.92. The number of hydrogen-bond donors (Lipinski definition) is 1. The van der Waals surface area contributed by atoms with Crippen LogP contribution in [0, 0.1) is 6.92 Å². The first-order valence-corrected chi connectivity index (χ1v) is 7.28. The van der Waals surface area contributed by atoms with E-state index >= 15 is 0 Å². The van der Waals surface area contributed by atoms with E-state index in [1.165, 1.54) is 28.1 Å². The number of aromatic nitrogens is 2. The van der Waals surface area contributed by atoms with Crippen molar-refractivity contribution < 1.29 is 0 Å². The molecule has 21 heavy (non-hydrogen) atoms. The highest BCUT2D eigenvalue weighted by Gasteiger charge is 2.12. The Hall–Kier alpha value is -2.55. The molecule has 1 N–H and O–H groups in total. The van der Waals surface area contributed by atoms with Gasteiger partial charge in [-0.2, -0.15) is 0 Å². The highest BCUT2D eigenvalue weighted by Crippen LogP contribution is 2.28. The first-order valence-electron chi connectivity index (χ1n) is 7.28. The fourth-order valence-corrected chi connectivity index (χ4v) is 2.96. The van der Waals surface area contributed by atoms with Gasteiger partial charge in [0.2, 0.25) is 0 Å². The van der Waals surface area contributed by atoms with Gasteiger partial charge in [0.15, 0.2) is 0 Å². The molecule has 0 fully saturated rings. The summed E-state index contributed by atoms with van der Waals surface area (Å²) in [5.74, 6) is 0. The summed E-state index contributed by atoms with van der Waals surface area (Å²) >= 11 is 0. The molecule has 0 unspecified atom stereocenters. The highest BCUT2D eigenvalue weighted by molar-refractivity contribution is 5.65. The molecule has 0 amide bonds. The number of hydrogen-bond acceptors (Lipinski definition) is 2. The average Bonchev–Trinajstić information content (AvgIpc) is 3.15. The lowest BCUT2D eigenvalue weighted by molar-refractivity contribution is 1.05. The maximum atomic E-state index is 4.35. The molecule has 0 spiro atoms.